The van der Waals surface area contributed by atoms with Gasteiger partial charge in [-0.25, -0.2) is 9.97 Å². The van der Waals surface area contributed by atoms with Gasteiger partial charge in [-0.05, 0) is 29.8 Å². The first-order valence-electron chi connectivity index (χ1n) is 6.13. The summed E-state index contributed by atoms with van der Waals surface area (Å²) in [5.74, 6) is 0. The summed E-state index contributed by atoms with van der Waals surface area (Å²) in [7, 11) is 0. The molecule has 4 heteroatoms. The predicted molar refractivity (Wildman–Crippen MR) is 77.6 cm³/mol. The van der Waals surface area contributed by atoms with E-state index in [1.54, 1.807) is 11.3 Å². The number of pyridine rings is 1. The van der Waals surface area contributed by atoms with Gasteiger partial charge in [-0.1, -0.05) is 12.1 Å². The van der Waals surface area contributed by atoms with E-state index in [9.17, 15) is 0 Å². The molecule has 19 heavy (non-hydrogen) atoms. The summed E-state index contributed by atoms with van der Waals surface area (Å²) in [4.78, 5) is 8.73. The number of fused-ring (bicyclic) bond motifs is 2. The Morgan fingerprint density at radius 2 is 2.11 bits per heavy atom. The molecule has 0 amide bonds. The highest BCUT2D eigenvalue weighted by Crippen LogP contribution is 2.21. The lowest BCUT2D eigenvalue weighted by atomic mass is 10.1. The zero-order chi connectivity index (χ0) is 12.7. The average Bonchev–Trinajstić information content (AvgIpc) is 3.06. The van der Waals surface area contributed by atoms with Crippen LogP contribution in [0.15, 0.2) is 54.3 Å². The minimum atomic E-state index is 0.888. The molecule has 0 saturated carbocycles. The molecule has 0 bridgehead atoms. The highest BCUT2D eigenvalue weighted by atomic mass is 32.1. The van der Waals surface area contributed by atoms with Crippen LogP contribution in [0.2, 0.25) is 0 Å². The van der Waals surface area contributed by atoms with Crippen LogP contribution in [-0.4, -0.2) is 14.4 Å². The van der Waals surface area contributed by atoms with Crippen molar-refractivity contribution in [2.24, 2.45) is 0 Å². The highest BCUT2D eigenvalue weighted by Gasteiger charge is 2.05. The van der Waals surface area contributed by atoms with E-state index in [2.05, 4.69) is 38.8 Å². The van der Waals surface area contributed by atoms with E-state index in [0.29, 0.717) is 0 Å². The number of aromatic nitrogens is 3. The molecular formula is C15H11N3S. The third-order valence-electron chi connectivity index (χ3n) is 3.27. The van der Waals surface area contributed by atoms with Crippen molar-refractivity contribution in [3.05, 3.63) is 65.6 Å². The van der Waals surface area contributed by atoms with Crippen LogP contribution in [0, 0.1) is 0 Å². The second kappa shape index (κ2) is 4.17. The van der Waals surface area contributed by atoms with Gasteiger partial charge in [0.05, 0.1) is 15.7 Å². The molecule has 0 unspecified atom stereocenters. The molecule has 92 valence electrons. The Labute approximate surface area is 114 Å². The van der Waals surface area contributed by atoms with E-state index in [4.69, 9.17) is 0 Å². The van der Waals surface area contributed by atoms with Crippen molar-refractivity contribution in [1.82, 2.24) is 14.4 Å². The standard InChI is InChI=1S/C15H11N3S/c1-2-6-18-12(9-16-15(18)3-1)7-11-4-5-13-14(8-11)19-10-17-13/h1-6,8-10H,7H2. The van der Waals surface area contributed by atoms with Gasteiger partial charge >= 0.3 is 0 Å². The monoisotopic (exact) mass is 265 g/mol. The third kappa shape index (κ3) is 1.81. The molecule has 0 aliphatic heterocycles. The van der Waals surface area contributed by atoms with Crippen LogP contribution in [-0.2, 0) is 6.42 Å². The van der Waals surface area contributed by atoms with Crippen molar-refractivity contribution >= 4 is 27.2 Å². The molecule has 0 saturated heterocycles. The van der Waals surface area contributed by atoms with Crippen molar-refractivity contribution in [1.29, 1.82) is 0 Å². The molecule has 0 N–H and O–H groups in total. The van der Waals surface area contributed by atoms with E-state index in [-0.39, 0.29) is 0 Å². The fourth-order valence-corrected chi connectivity index (χ4v) is 3.08. The highest BCUT2D eigenvalue weighted by molar-refractivity contribution is 7.16. The molecule has 4 rings (SSSR count). The zero-order valence-electron chi connectivity index (χ0n) is 10.2. The van der Waals surface area contributed by atoms with Gasteiger partial charge in [-0.3, -0.25) is 0 Å². The number of nitrogens with zero attached hydrogens (tertiary/aromatic N) is 3. The molecule has 0 radical (unpaired) electrons. The molecule has 0 spiro atoms. The number of hydrogen-bond acceptors (Lipinski definition) is 3. The SMILES string of the molecule is c1ccn2c(Cc3ccc4ncsc4c3)cnc2c1. The van der Waals surface area contributed by atoms with Gasteiger partial charge in [0.2, 0.25) is 0 Å². The summed E-state index contributed by atoms with van der Waals surface area (Å²) in [5.41, 5.74) is 6.47. The predicted octanol–water partition coefficient (Wildman–Crippen LogP) is 3.53. The van der Waals surface area contributed by atoms with Gasteiger partial charge in [-0.15, -0.1) is 11.3 Å². The third-order valence-corrected chi connectivity index (χ3v) is 4.07. The lowest BCUT2D eigenvalue weighted by molar-refractivity contribution is 1.03. The quantitative estimate of drug-likeness (QED) is 0.555. The molecular weight excluding hydrogens is 254 g/mol. The summed E-state index contributed by atoms with van der Waals surface area (Å²) in [6.45, 7) is 0. The smallest absolute Gasteiger partial charge is 0.136 e. The number of hydrogen-bond donors (Lipinski definition) is 0. The van der Waals surface area contributed by atoms with Gasteiger partial charge < -0.3 is 4.40 Å². The molecule has 3 heterocycles. The Morgan fingerprint density at radius 1 is 1.11 bits per heavy atom. The van der Waals surface area contributed by atoms with E-state index in [1.807, 2.05) is 29.9 Å². The second-order valence-corrected chi connectivity index (χ2v) is 5.40. The summed E-state index contributed by atoms with van der Waals surface area (Å²) in [5, 5.41) is 0. The van der Waals surface area contributed by atoms with Crippen LogP contribution >= 0.6 is 11.3 Å². The maximum absolute atomic E-state index is 4.42. The van der Waals surface area contributed by atoms with Crippen molar-refractivity contribution in [2.45, 2.75) is 6.42 Å². The molecule has 3 aromatic heterocycles. The molecule has 1 aromatic carbocycles. The lowest BCUT2D eigenvalue weighted by Crippen LogP contribution is -1.93. The van der Waals surface area contributed by atoms with Crippen LogP contribution in [0.3, 0.4) is 0 Å². The Bertz CT molecular complexity index is 860. The first kappa shape index (κ1) is 10.7. The Hall–Kier alpha value is -2.20. The van der Waals surface area contributed by atoms with Crippen molar-refractivity contribution in [3.63, 3.8) is 0 Å². The normalized spacial score (nSPS) is 11.4. The molecule has 0 aliphatic rings. The van der Waals surface area contributed by atoms with E-state index >= 15 is 0 Å². The molecule has 4 aromatic rings. The van der Waals surface area contributed by atoms with Crippen LogP contribution in [0.4, 0.5) is 0 Å². The number of benzene rings is 1. The van der Waals surface area contributed by atoms with Crippen molar-refractivity contribution in [3.8, 4) is 0 Å². The minimum Gasteiger partial charge on any atom is -0.304 e. The van der Waals surface area contributed by atoms with Crippen LogP contribution in [0.5, 0.6) is 0 Å². The Morgan fingerprint density at radius 3 is 3.11 bits per heavy atom. The van der Waals surface area contributed by atoms with Crippen LogP contribution in [0.25, 0.3) is 15.9 Å². The zero-order valence-corrected chi connectivity index (χ0v) is 11.0. The molecule has 3 nitrogen and oxygen atoms in total. The fourth-order valence-electron chi connectivity index (χ4n) is 2.33. The summed E-state index contributed by atoms with van der Waals surface area (Å²) in [6, 6.07) is 12.5. The van der Waals surface area contributed by atoms with E-state index in [0.717, 1.165) is 17.6 Å². The average molecular weight is 265 g/mol. The van der Waals surface area contributed by atoms with Crippen LogP contribution in [0.1, 0.15) is 11.3 Å². The summed E-state index contributed by atoms with van der Waals surface area (Å²) in [6.07, 6.45) is 4.90. The molecule has 0 fully saturated rings. The second-order valence-electron chi connectivity index (χ2n) is 4.51. The van der Waals surface area contributed by atoms with E-state index in [1.165, 1.54) is 16.0 Å². The largest absolute Gasteiger partial charge is 0.304 e. The maximum Gasteiger partial charge on any atom is 0.136 e. The molecule has 0 aliphatic carbocycles. The van der Waals surface area contributed by atoms with Crippen molar-refractivity contribution in [2.75, 3.05) is 0 Å². The van der Waals surface area contributed by atoms with Gasteiger partial charge in [-0.2, -0.15) is 0 Å². The van der Waals surface area contributed by atoms with Gasteiger partial charge in [0.15, 0.2) is 0 Å². The van der Waals surface area contributed by atoms with Crippen LogP contribution < -0.4 is 0 Å². The van der Waals surface area contributed by atoms with Gasteiger partial charge in [0, 0.05) is 24.5 Å². The topological polar surface area (TPSA) is 30.2 Å². The summed E-state index contributed by atoms with van der Waals surface area (Å²) < 4.78 is 3.38. The first-order valence-corrected chi connectivity index (χ1v) is 7.01. The lowest BCUT2D eigenvalue weighted by Gasteiger charge is -2.02. The van der Waals surface area contributed by atoms with Crippen molar-refractivity contribution < 1.29 is 0 Å². The maximum atomic E-state index is 4.42. The van der Waals surface area contributed by atoms with Gasteiger partial charge in [0.25, 0.3) is 0 Å². The number of thiazole rings is 1. The first-order chi connectivity index (χ1) is 9.40. The Balaban J connectivity index is 1.77. The minimum absolute atomic E-state index is 0.888. The Kier molecular flexibility index (Phi) is 2.35. The summed E-state index contributed by atoms with van der Waals surface area (Å²) >= 11 is 1.68. The number of rotatable bonds is 2. The molecule has 0 atom stereocenters. The number of imidazole rings is 1. The van der Waals surface area contributed by atoms with Gasteiger partial charge in [0.1, 0.15) is 5.65 Å². The van der Waals surface area contributed by atoms with E-state index < -0.39 is 0 Å². The fraction of sp³-hybridized carbons (Fsp3) is 0.0667.